The molecule has 2 aromatic rings. The van der Waals surface area contributed by atoms with Crippen LogP contribution in [0, 0.1) is 0 Å². The average Bonchev–Trinajstić information content (AvgIpc) is 3.48. The lowest BCUT2D eigenvalue weighted by Crippen LogP contribution is -2.59. The molecule has 2 aliphatic rings. The summed E-state index contributed by atoms with van der Waals surface area (Å²) < 4.78 is 11.2. The largest absolute Gasteiger partial charge is 0.376 e. The Kier molecular flexibility index (Phi) is 5.67. The summed E-state index contributed by atoms with van der Waals surface area (Å²) in [6.07, 6.45) is 3.72. The normalized spacial score (nSPS) is 24.0. The number of nitrogens with zero attached hydrogens (tertiary/aromatic N) is 2. The summed E-state index contributed by atoms with van der Waals surface area (Å²) >= 11 is 0. The molecule has 1 N–H and O–H groups in total. The van der Waals surface area contributed by atoms with Crippen LogP contribution in [0.3, 0.4) is 0 Å². The molecule has 0 aliphatic carbocycles. The quantitative estimate of drug-likeness (QED) is 0.810. The summed E-state index contributed by atoms with van der Waals surface area (Å²) in [7, 11) is 0. The maximum atomic E-state index is 13.3. The Balaban J connectivity index is 1.55. The van der Waals surface area contributed by atoms with Crippen LogP contribution in [-0.2, 0) is 20.7 Å². The summed E-state index contributed by atoms with van der Waals surface area (Å²) in [6, 6.07) is 11.6. The Morgan fingerprint density at radius 2 is 2.10 bits per heavy atom. The minimum Gasteiger partial charge on any atom is -0.376 e. The van der Waals surface area contributed by atoms with Crippen LogP contribution >= 0.6 is 0 Å². The van der Waals surface area contributed by atoms with Crippen molar-refractivity contribution >= 4 is 11.8 Å². The summed E-state index contributed by atoms with van der Waals surface area (Å²) in [5.41, 5.74) is 0.731. The predicted octanol–water partition coefficient (Wildman–Crippen LogP) is 2.56. The van der Waals surface area contributed by atoms with E-state index >= 15 is 0 Å². The molecule has 7 heteroatoms. The van der Waals surface area contributed by atoms with Gasteiger partial charge in [-0.2, -0.15) is 0 Å². The number of carbonyl (C=O) groups is 2. The van der Waals surface area contributed by atoms with Gasteiger partial charge in [0.2, 0.25) is 11.8 Å². The average molecular weight is 397 g/mol. The third kappa shape index (κ3) is 4.05. The van der Waals surface area contributed by atoms with Crippen molar-refractivity contribution in [3.63, 3.8) is 0 Å². The van der Waals surface area contributed by atoms with Crippen molar-refractivity contribution < 1.29 is 18.8 Å². The van der Waals surface area contributed by atoms with Gasteiger partial charge in [0, 0.05) is 44.7 Å². The summed E-state index contributed by atoms with van der Waals surface area (Å²) in [6.45, 7) is 3.30. The standard InChI is InChI=1S/C22H27N3O4/c1-16(26)25-11-6-10-22(25,21(27)23-15-18-9-5-12-28-18)14-19-13-20(24-29-19)17-7-3-2-4-8-17/h2-4,7-8,13,18H,5-6,9-12,14-15H2,1H3,(H,23,27)/t18-,22-/m0/s1. The van der Waals surface area contributed by atoms with Crippen molar-refractivity contribution in [3.8, 4) is 11.3 Å². The third-order valence-corrected chi connectivity index (χ3v) is 5.90. The smallest absolute Gasteiger partial charge is 0.246 e. The van der Waals surface area contributed by atoms with Crippen LogP contribution in [0.1, 0.15) is 38.4 Å². The number of ether oxygens (including phenoxy) is 1. The number of likely N-dealkylation sites (tertiary alicyclic amines) is 1. The highest BCUT2D eigenvalue weighted by molar-refractivity contribution is 5.92. The fraction of sp³-hybridized carbons (Fsp3) is 0.500. The van der Waals surface area contributed by atoms with E-state index < -0.39 is 5.54 Å². The molecule has 2 saturated heterocycles. The molecule has 0 unspecified atom stereocenters. The SMILES string of the molecule is CC(=O)N1CCC[C@]1(Cc1cc(-c2ccccc2)no1)C(=O)NC[C@@H]1CCCO1. The van der Waals surface area contributed by atoms with E-state index in [1.165, 1.54) is 6.92 Å². The van der Waals surface area contributed by atoms with Gasteiger partial charge in [-0.1, -0.05) is 35.5 Å². The van der Waals surface area contributed by atoms with E-state index in [2.05, 4.69) is 10.5 Å². The molecule has 29 heavy (non-hydrogen) atoms. The molecular formula is C22H27N3O4. The monoisotopic (exact) mass is 397 g/mol. The Hall–Kier alpha value is -2.67. The minimum atomic E-state index is -0.946. The molecule has 2 amide bonds. The zero-order valence-electron chi connectivity index (χ0n) is 16.7. The lowest BCUT2D eigenvalue weighted by Gasteiger charge is -2.36. The summed E-state index contributed by atoms with van der Waals surface area (Å²) in [5.74, 6) is 0.361. The van der Waals surface area contributed by atoms with Crippen molar-refractivity contribution in [1.29, 1.82) is 0 Å². The zero-order valence-corrected chi connectivity index (χ0v) is 16.7. The first kappa shape index (κ1) is 19.6. The third-order valence-electron chi connectivity index (χ3n) is 5.90. The van der Waals surface area contributed by atoms with Crippen LogP contribution in [0.4, 0.5) is 0 Å². The van der Waals surface area contributed by atoms with Crippen molar-refractivity contribution in [2.24, 2.45) is 0 Å². The molecule has 2 fully saturated rings. The van der Waals surface area contributed by atoms with Gasteiger partial charge in [0.25, 0.3) is 0 Å². The molecule has 4 rings (SSSR count). The van der Waals surface area contributed by atoms with Crippen LogP contribution in [-0.4, -0.2) is 53.2 Å². The van der Waals surface area contributed by atoms with Gasteiger partial charge in [-0.05, 0) is 25.7 Å². The van der Waals surface area contributed by atoms with Crippen LogP contribution in [0.25, 0.3) is 11.3 Å². The Morgan fingerprint density at radius 3 is 2.83 bits per heavy atom. The van der Waals surface area contributed by atoms with Gasteiger partial charge >= 0.3 is 0 Å². The van der Waals surface area contributed by atoms with Gasteiger partial charge in [0.1, 0.15) is 17.0 Å². The highest BCUT2D eigenvalue weighted by Crippen LogP contribution is 2.34. The molecule has 7 nitrogen and oxygen atoms in total. The maximum Gasteiger partial charge on any atom is 0.246 e. The first-order valence-electron chi connectivity index (χ1n) is 10.3. The van der Waals surface area contributed by atoms with E-state index in [1.54, 1.807) is 4.90 Å². The van der Waals surface area contributed by atoms with Crippen LogP contribution in [0.15, 0.2) is 40.9 Å². The molecule has 0 radical (unpaired) electrons. The van der Waals surface area contributed by atoms with Crippen molar-refractivity contribution in [1.82, 2.24) is 15.4 Å². The molecule has 0 bridgehead atoms. The van der Waals surface area contributed by atoms with Gasteiger partial charge < -0.3 is 19.5 Å². The molecule has 1 aromatic carbocycles. The van der Waals surface area contributed by atoms with E-state index in [0.29, 0.717) is 31.7 Å². The van der Waals surface area contributed by atoms with Gasteiger partial charge in [-0.15, -0.1) is 0 Å². The number of benzene rings is 1. The minimum absolute atomic E-state index is 0.0538. The van der Waals surface area contributed by atoms with Gasteiger partial charge in [0.15, 0.2) is 0 Å². The lowest BCUT2D eigenvalue weighted by atomic mass is 9.89. The number of nitrogens with one attached hydrogen (secondary N) is 1. The van der Waals surface area contributed by atoms with E-state index in [-0.39, 0.29) is 17.9 Å². The van der Waals surface area contributed by atoms with E-state index in [9.17, 15) is 9.59 Å². The van der Waals surface area contributed by atoms with E-state index in [0.717, 1.165) is 37.1 Å². The molecule has 0 saturated carbocycles. The van der Waals surface area contributed by atoms with Crippen molar-refractivity contribution in [2.45, 2.75) is 50.7 Å². The van der Waals surface area contributed by atoms with Gasteiger partial charge in [-0.25, -0.2) is 0 Å². The molecular weight excluding hydrogens is 370 g/mol. The van der Waals surface area contributed by atoms with Crippen LogP contribution < -0.4 is 5.32 Å². The topological polar surface area (TPSA) is 84.7 Å². The molecule has 0 spiro atoms. The molecule has 1 aromatic heterocycles. The molecule has 3 heterocycles. The number of carbonyl (C=O) groups excluding carboxylic acids is 2. The highest BCUT2D eigenvalue weighted by Gasteiger charge is 2.49. The van der Waals surface area contributed by atoms with Gasteiger partial charge in [-0.3, -0.25) is 9.59 Å². The summed E-state index contributed by atoms with van der Waals surface area (Å²) in [4.78, 5) is 27.3. The van der Waals surface area contributed by atoms with Crippen LogP contribution in [0.2, 0.25) is 0 Å². The van der Waals surface area contributed by atoms with E-state index in [4.69, 9.17) is 9.26 Å². The lowest BCUT2D eigenvalue weighted by molar-refractivity contribution is -0.144. The van der Waals surface area contributed by atoms with Crippen molar-refractivity contribution in [3.05, 3.63) is 42.2 Å². The second kappa shape index (κ2) is 8.37. The fourth-order valence-corrected chi connectivity index (χ4v) is 4.44. The van der Waals surface area contributed by atoms with E-state index in [1.807, 2.05) is 36.4 Å². The van der Waals surface area contributed by atoms with Crippen LogP contribution in [0.5, 0.6) is 0 Å². The number of rotatable bonds is 6. The molecule has 154 valence electrons. The number of hydrogen-bond donors (Lipinski definition) is 1. The van der Waals surface area contributed by atoms with Gasteiger partial charge in [0.05, 0.1) is 6.10 Å². The molecule has 2 atom stereocenters. The van der Waals surface area contributed by atoms with Crippen molar-refractivity contribution in [2.75, 3.05) is 19.7 Å². The summed E-state index contributed by atoms with van der Waals surface area (Å²) in [5, 5.41) is 7.20. The molecule has 2 aliphatic heterocycles. The number of aromatic nitrogens is 1. The number of hydrogen-bond acceptors (Lipinski definition) is 5. The predicted molar refractivity (Wildman–Crippen MR) is 107 cm³/mol. The highest BCUT2D eigenvalue weighted by atomic mass is 16.5. The Bertz CT molecular complexity index is 860. The second-order valence-corrected chi connectivity index (χ2v) is 7.87. The Morgan fingerprint density at radius 1 is 1.28 bits per heavy atom. The number of amides is 2. The Labute approximate surface area is 170 Å². The maximum absolute atomic E-state index is 13.3. The second-order valence-electron chi connectivity index (χ2n) is 7.87. The zero-order chi connectivity index (χ0) is 20.3. The first-order valence-corrected chi connectivity index (χ1v) is 10.3. The fourth-order valence-electron chi connectivity index (χ4n) is 4.44. The first-order chi connectivity index (χ1) is 14.1.